The van der Waals surface area contributed by atoms with E-state index in [4.69, 9.17) is 4.74 Å². The van der Waals surface area contributed by atoms with E-state index in [1.54, 1.807) is 0 Å². The number of ether oxygens (including phenoxy) is 1. The molecule has 34 heavy (non-hydrogen) atoms. The number of aryl methyl sites for hydroxylation is 1. The van der Waals surface area contributed by atoms with Crippen molar-refractivity contribution in [2.24, 2.45) is 17.8 Å². The second-order valence-corrected chi connectivity index (χ2v) is 10.6. The molecule has 2 saturated heterocycles. The highest BCUT2D eigenvalue weighted by molar-refractivity contribution is 6.13. The van der Waals surface area contributed by atoms with Gasteiger partial charge < -0.3 is 9.84 Å². The monoisotopic (exact) mass is 460 g/mol. The first-order valence-corrected chi connectivity index (χ1v) is 12.5. The maximum Gasteiger partial charge on any atom is 0.311 e. The van der Waals surface area contributed by atoms with Crippen LogP contribution in [0.15, 0.2) is 48.5 Å². The molecule has 4 aliphatic rings. The van der Waals surface area contributed by atoms with Crippen LogP contribution < -0.4 is 4.90 Å². The molecule has 1 saturated carbocycles. The lowest BCUT2D eigenvalue weighted by Crippen LogP contribution is -2.58. The normalized spacial score (nSPS) is 34.6. The van der Waals surface area contributed by atoms with Crippen LogP contribution in [0.3, 0.4) is 0 Å². The lowest BCUT2D eigenvalue weighted by atomic mass is 9.62. The summed E-state index contributed by atoms with van der Waals surface area (Å²) in [4.78, 5) is 31.5. The van der Waals surface area contributed by atoms with Crippen LogP contribution in [0.4, 0.5) is 11.4 Å². The van der Waals surface area contributed by atoms with Crippen LogP contribution in [-0.2, 0) is 19.7 Å². The van der Waals surface area contributed by atoms with Gasteiger partial charge in [-0.1, -0.05) is 35.9 Å². The summed E-state index contributed by atoms with van der Waals surface area (Å²) in [5.41, 5.74) is 3.49. The number of amides is 1. The third-order valence-corrected chi connectivity index (χ3v) is 9.06. The molecule has 2 aromatic rings. The van der Waals surface area contributed by atoms with Gasteiger partial charge in [-0.15, -0.1) is 0 Å². The largest absolute Gasteiger partial charge is 0.469 e. The van der Waals surface area contributed by atoms with E-state index in [0.717, 1.165) is 54.9 Å². The molecule has 0 aromatic heterocycles. The predicted molar refractivity (Wildman–Crippen MR) is 129 cm³/mol. The van der Waals surface area contributed by atoms with E-state index >= 15 is 0 Å². The lowest BCUT2D eigenvalue weighted by molar-refractivity contribution is -0.159. The summed E-state index contributed by atoms with van der Waals surface area (Å²) < 4.78 is 5.11. The quantitative estimate of drug-likeness (QED) is 0.694. The fraction of sp³-hybridized carbons (Fsp3) is 0.500. The van der Waals surface area contributed by atoms with Gasteiger partial charge in [0.15, 0.2) is 0 Å². The van der Waals surface area contributed by atoms with Crippen LogP contribution in [0.25, 0.3) is 0 Å². The number of carbonyl (C=O) groups is 2. The number of methoxy groups -OCH3 is 1. The third kappa shape index (κ3) is 2.94. The highest BCUT2D eigenvalue weighted by Gasteiger charge is 2.63. The number of fused-ring (bicyclic) bond motifs is 5. The summed E-state index contributed by atoms with van der Waals surface area (Å²) in [5.74, 6) is -0.320. The molecule has 1 aliphatic carbocycles. The molecule has 0 bridgehead atoms. The zero-order chi connectivity index (χ0) is 23.6. The molecular formula is C28H32N2O4. The van der Waals surface area contributed by atoms with E-state index in [1.807, 2.05) is 41.3 Å². The third-order valence-electron chi connectivity index (χ3n) is 9.06. The molecule has 1 N–H and O–H groups in total. The topological polar surface area (TPSA) is 70.1 Å². The zero-order valence-electron chi connectivity index (χ0n) is 19.8. The number of aliphatic hydroxyl groups is 1. The molecule has 3 heterocycles. The Morgan fingerprint density at radius 1 is 1.12 bits per heavy atom. The number of hydrogen-bond acceptors (Lipinski definition) is 5. The maximum absolute atomic E-state index is 14.4. The number of carbonyl (C=O) groups excluding carboxylic acids is 2. The molecule has 3 fully saturated rings. The Hall–Kier alpha value is -2.70. The number of hydrogen-bond donors (Lipinski definition) is 1. The average molecular weight is 461 g/mol. The van der Waals surface area contributed by atoms with Crippen molar-refractivity contribution in [1.29, 1.82) is 0 Å². The molecule has 0 radical (unpaired) electrons. The molecule has 178 valence electrons. The van der Waals surface area contributed by atoms with E-state index in [1.165, 1.54) is 7.11 Å². The van der Waals surface area contributed by atoms with Gasteiger partial charge in [0.2, 0.25) is 5.91 Å². The molecule has 1 spiro atoms. The zero-order valence-corrected chi connectivity index (χ0v) is 19.8. The van der Waals surface area contributed by atoms with Crippen molar-refractivity contribution in [2.45, 2.75) is 50.2 Å². The van der Waals surface area contributed by atoms with E-state index in [2.05, 4.69) is 24.0 Å². The van der Waals surface area contributed by atoms with Gasteiger partial charge in [0.05, 0.1) is 30.2 Å². The first-order chi connectivity index (χ1) is 16.5. The molecule has 6 atom stereocenters. The van der Waals surface area contributed by atoms with E-state index in [-0.39, 0.29) is 23.8 Å². The van der Waals surface area contributed by atoms with Crippen molar-refractivity contribution in [3.8, 4) is 0 Å². The number of para-hydroxylation sites is 1. The van der Waals surface area contributed by atoms with Gasteiger partial charge in [-0.05, 0) is 74.8 Å². The van der Waals surface area contributed by atoms with Crippen molar-refractivity contribution in [3.05, 3.63) is 59.7 Å². The number of nitrogens with zero attached hydrogens (tertiary/aromatic N) is 2. The number of benzene rings is 2. The number of aliphatic hydroxyl groups excluding tert-OH is 1. The highest BCUT2D eigenvalue weighted by atomic mass is 16.5. The van der Waals surface area contributed by atoms with Crippen molar-refractivity contribution >= 4 is 23.3 Å². The van der Waals surface area contributed by atoms with Gasteiger partial charge in [-0.2, -0.15) is 0 Å². The molecule has 0 unspecified atom stereocenters. The number of rotatable bonds is 2. The minimum atomic E-state index is -0.673. The van der Waals surface area contributed by atoms with E-state index < -0.39 is 17.4 Å². The Morgan fingerprint density at radius 3 is 2.65 bits per heavy atom. The first-order valence-electron chi connectivity index (χ1n) is 12.5. The highest BCUT2D eigenvalue weighted by Crippen LogP contribution is 2.57. The Labute approximate surface area is 200 Å². The van der Waals surface area contributed by atoms with Crippen LogP contribution >= 0.6 is 0 Å². The van der Waals surface area contributed by atoms with Gasteiger partial charge >= 0.3 is 5.97 Å². The Kier molecular flexibility index (Phi) is 5.08. The van der Waals surface area contributed by atoms with Crippen molar-refractivity contribution in [2.75, 3.05) is 25.1 Å². The van der Waals surface area contributed by atoms with Crippen LogP contribution in [0.5, 0.6) is 0 Å². The summed E-state index contributed by atoms with van der Waals surface area (Å²) in [6.07, 6.45) is 2.38. The van der Waals surface area contributed by atoms with Gasteiger partial charge in [0.25, 0.3) is 0 Å². The minimum Gasteiger partial charge on any atom is -0.469 e. The minimum absolute atomic E-state index is 0.00954. The average Bonchev–Trinajstić information content (AvgIpc) is 3.34. The second kappa shape index (κ2) is 7.92. The SMILES string of the molecule is COC(=O)[C@@H]1[C@H]2C[C@@H]3N(CC[C@@]34C(=O)N(c3ccc(C)cc3)c3ccccc34)C[C@@H]2CC[C@@H]1O. The molecule has 1 amide bonds. The molecule has 2 aromatic carbocycles. The summed E-state index contributed by atoms with van der Waals surface area (Å²) >= 11 is 0. The van der Waals surface area contributed by atoms with Crippen LogP contribution in [0, 0.1) is 24.7 Å². The van der Waals surface area contributed by atoms with Crippen molar-refractivity contribution < 1.29 is 19.4 Å². The van der Waals surface area contributed by atoms with Gasteiger partial charge in [-0.3, -0.25) is 19.4 Å². The standard InChI is InChI=1S/C28H32N2O4/c1-17-7-10-19(11-8-17)30-22-6-4-3-5-21(22)28(27(30)33)13-14-29-16-18-9-12-23(31)25(26(32)34-2)20(18)15-24(28)29/h3-8,10-11,18,20,23-25,31H,9,12-16H2,1-2H3/t18-,20-,23-,24-,25+,28-/m0/s1. The fourth-order valence-corrected chi connectivity index (χ4v) is 7.46. The molecule has 6 rings (SSSR count). The summed E-state index contributed by atoms with van der Waals surface area (Å²) in [6, 6.07) is 16.4. The van der Waals surface area contributed by atoms with Crippen molar-refractivity contribution in [3.63, 3.8) is 0 Å². The number of piperidine rings is 1. The summed E-state index contributed by atoms with van der Waals surface area (Å²) in [6.45, 7) is 3.80. The molecular weight excluding hydrogens is 428 g/mol. The van der Waals surface area contributed by atoms with Crippen LogP contribution in [0.1, 0.15) is 36.8 Å². The van der Waals surface area contributed by atoms with E-state index in [9.17, 15) is 14.7 Å². The smallest absolute Gasteiger partial charge is 0.311 e. The Balaban J connectivity index is 1.42. The maximum atomic E-state index is 14.4. The lowest BCUT2D eigenvalue weighted by Gasteiger charge is -2.50. The summed E-state index contributed by atoms with van der Waals surface area (Å²) in [7, 11) is 1.40. The fourth-order valence-electron chi connectivity index (χ4n) is 7.46. The number of anilines is 2. The second-order valence-electron chi connectivity index (χ2n) is 10.6. The number of esters is 1. The van der Waals surface area contributed by atoms with Gasteiger partial charge in [0.1, 0.15) is 0 Å². The molecule has 6 nitrogen and oxygen atoms in total. The van der Waals surface area contributed by atoms with E-state index in [0.29, 0.717) is 12.3 Å². The molecule has 6 heteroatoms. The van der Waals surface area contributed by atoms with Crippen molar-refractivity contribution in [1.82, 2.24) is 4.90 Å². The van der Waals surface area contributed by atoms with Crippen LogP contribution in [0.2, 0.25) is 0 Å². The predicted octanol–water partition coefficient (Wildman–Crippen LogP) is 3.57. The Morgan fingerprint density at radius 2 is 1.88 bits per heavy atom. The van der Waals surface area contributed by atoms with Gasteiger partial charge in [-0.25, -0.2) is 0 Å². The Bertz CT molecular complexity index is 1130. The van der Waals surface area contributed by atoms with Crippen LogP contribution in [-0.4, -0.2) is 54.2 Å². The van der Waals surface area contributed by atoms with Gasteiger partial charge in [0, 0.05) is 18.3 Å². The first kappa shape index (κ1) is 21.8. The molecule has 3 aliphatic heterocycles. The summed E-state index contributed by atoms with van der Waals surface area (Å²) in [5, 5.41) is 10.7.